The largest absolute Gasteiger partial charge is 0.395 e. The minimum absolute atomic E-state index is 0.220. The maximum atomic E-state index is 8.99. The molecule has 0 saturated carbocycles. The smallest absolute Gasteiger partial charge is 0.0582 e. The van der Waals surface area contributed by atoms with E-state index in [1.807, 2.05) is 6.92 Å². The highest BCUT2D eigenvalue weighted by molar-refractivity contribution is 4.73. The average Bonchev–Trinajstić information content (AvgIpc) is 2.01. The third-order valence-electron chi connectivity index (χ3n) is 2.31. The molecular weight excluding hydrogens is 174 g/mol. The van der Waals surface area contributed by atoms with E-state index in [1.54, 1.807) is 0 Å². The molecule has 0 aromatic rings. The van der Waals surface area contributed by atoms with Gasteiger partial charge in [-0.2, -0.15) is 0 Å². The molecule has 0 radical (unpaired) electrons. The van der Waals surface area contributed by atoms with E-state index >= 15 is 0 Å². The Labute approximate surface area is 89.1 Å². The van der Waals surface area contributed by atoms with Crippen LogP contribution < -0.4 is 5.32 Å². The van der Waals surface area contributed by atoms with E-state index in [9.17, 15) is 0 Å². The van der Waals surface area contributed by atoms with Gasteiger partial charge in [-0.05, 0) is 31.6 Å². The van der Waals surface area contributed by atoms with Crippen LogP contribution in [0.3, 0.4) is 0 Å². The lowest BCUT2D eigenvalue weighted by molar-refractivity contribution is 0.226. The minimum atomic E-state index is 0.220. The van der Waals surface area contributed by atoms with Gasteiger partial charge in [0.05, 0.1) is 6.61 Å². The van der Waals surface area contributed by atoms with E-state index in [2.05, 4.69) is 33.0 Å². The summed E-state index contributed by atoms with van der Waals surface area (Å²) in [6, 6.07) is 0.773. The van der Waals surface area contributed by atoms with Gasteiger partial charge in [-0.25, -0.2) is 0 Å². The fourth-order valence-corrected chi connectivity index (χ4v) is 1.83. The normalized spacial score (nSPS) is 14.4. The first-order valence-electron chi connectivity index (χ1n) is 5.82. The number of rotatable bonds is 7. The maximum absolute atomic E-state index is 8.99. The second kappa shape index (κ2) is 7.24. The monoisotopic (exact) mass is 201 g/mol. The lowest BCUT2D eigenvalue weighted by Crippen LogP contribution is -2.40. The number of hydrogen-bond acceptors (Lipinski definition) is 2. The van der Waals surface area contributed by atoms with Crippen molar-refractivity contribution in [3.05, 3.63) is 0 Å². The highest BCUT2D eigenvalue weighted by Gasteiger charge is 2.14. The van der Waals surface area contributed by atoms with Crippen molar-refractivity contribution >= 4 is 0 Å². The van der Waals surface area contributed by atoms with Crippen LogP contribution in [0.2, 0.25) is 0 Å². The van der Waals surface area contributed by atoms with Crippen molar-refractivity contribution in [1.29, 1.82) is 0 Å². The van der Waals surface area contributed by atoms with E-state index in [0.29, 0.717) is 6.04 Å². The third kappa shape index (κ3) is 7.34. The number of nitrogens with one attached hydrogen (secondary N) is 1. The Morgan fingerprint density at radius 1 is 0.929 bits per heavy atom. The maximum Gasteiger partial charge on any atom is 0.0582 e. The molecule has 0 aliphatic rings. The topological polar surface area (TPSA) is 32.3 Å². The van der Waals surface area contributed by atoms with Crippen molar-refractivity contribution in [2.75, 3.05) is 6.61 Å². The number of aliphatic hydroxyl groups is 1. The second-order valence-corrected chi connectivity index (χ2v) is 5.21. The van der Waals surface area contributed by atoms with Crippen molar-refractivity contribution in [1.82, 2.24) is 5.32 Å². The van der Waals surface area contributed by atoms with Gasteiger partial charge in [-0.3, -0.25) is 0 Å². The van der Waals surface area contributed by atoms with Crippen LogP contribution in [0.4, 0.5) is 0 Å². The summed E-state index contributed by atoms with van der Waals surface area (Å²) < 4.78 is 0. The number of aliphatic hydroxyl groups excluding tert-OH is 1. The fourth-order valence-electron chi connectivity index (χ4n) is 1.83. The molecule has 0 saturated heterocycles. The number of hydrogen-bond donors (Lipinski definition) is 2. The molecule has 0 spiro atoms. The molecule has 0 unspecified atom stereocenters. The van der Waals surface area contributed by atoms with Crippen LogP contribution in [0.25, 0.3) is 0 Å². The van der Waals surface area contributed by atoms with Crippen molar-refractivity contribution < 1.29 is 5.11 Å². The molecule has 14 heavy (non-hydrogen) atoms. The Bertz CT molecular complexity index is 124. The van der Waals surface area contributed by atoms with E-state index in [1.165, 1.54) is 12.8 Å². The van der Waals surface area contributed by atoms with Crippen LogP contribution in [0.5, 0.6) is 0 Å². The summed E-state index contributed by atoms with van der Waals surface area (Å²) in [5.41, 5.74) is 0. The van der Waals surface area contributed by atoms with Crippen LogP contribution in [-0.2, 0) is 0 Å². The zero-order valence-electron chi connectivity index (χ0n) is 10.4. The Kier molecular flexibility index (Phi) is 7.20. The fraction of sp³-hybridized carbons (Fsp3) is 1.00. The standard InChI is InChI=1S/C12H27NO/c1-9(2)6-12(7-10(3)4)13-11(5)8-14/h9-14H,6-8H2,1-5H3/t11-/m1/s1. The van der Waals surface area contributed by atoms with Crippen molar-refractivity contribution in [2.24, 2.45) is 11.8 Å². The predicted octanol–water partition coefficient (Wildman–Crippen LogP) is 2.42. The Balaban J connectivity index is 3.96. The third-order valence-corrected chi connectivity index (χ3v) is 2.31. The Morgan fingerprint density at radius 3 is 1.64 bits per heavy atom. The molecule has 0 aliphatic carbocycles. The summed E-state index contributed by atoms with van der Waals surface area (Å²) in [5, 5.41) is 12.5. The molecule has 1 atom stereocenters. The lowest BCUT2D eigenvalue weighted by atomic mass is 9.95. The highest BCUT2D eigenvalue weighted by atomic mass is 16.3. The van der Waals surface area contributed by atoms with Crippen molar-refractivity contribution in [2.45, 2.75) is 59.5 Å². The van der Waals surface area contributed by atoms with Gasteiger partial charge in [0.1, 0.15) is 0 Å². The first-order chi connectivity index (χ1) is 6.45. The van der Waals surface area contributed by atoms with Gasteiger partial charge < -0.3 is 10.4 Å². The molecule has 0 amide bonds. The average molecular weight is 201 g/mol. The Hall–Kier alpha value is -0.0800. The van der Waals surface area contributed by atoms with E-state index in [0.717, 1.165) is 11.8 Å². The molecule has 2 heteroatoms. The summed E-state index contributed by atoms with van der Waals surface area (Å²) in [6.45, 7) is 11.3. The molecule has 0 bridgehead atoms. The van der Waals surface area contributed by atoms with Crippen LogP contribution in [0, 0.1) is 11.8 Å². The minimum Gasteiger partial charge on any atom is -0.395 e. The van der Waals surface area contributed by atoms with Gasteiger partial charge in [-0.15, -0.1) is 0 Å². The van der Waals surface area contributed by atoms with Crippen molar-refractivity contribution in [3.63, 3.8) is 0 Å². The molecular formula is C12H27NO. The van der Waals surface area contributed by atoms with Crippen LogP contribution in [0.15, 0.2) is 0 Å². The molecule has 0 aromatic carbocycles. The van der Waals surface area contributed by atoms with E-state index < -0.39 is 0 Å². The lowest BCUT2D eigenvalue weighted by Gasteiger charge is -2.25. The quantitative estimate of drug-likeness (QED) is 0.663. The first-order valence-corrected chi connectivity index (χ1v) is 5.82. The summed E-state index contributed by atoms with van der Waals surface area (Å²) in [5.74, 6) is 1.44. The second-order valence-electron chi connectivity index (χ2n) is 5.21. The summed E-state index contributed by atoms with van der Waals surface area (Å²) in [7, 11) is 0. The zero-order chi connectivity index (χ0) is 11.1. The van der Waals surface area contributed by atoms with E-state index in [-0.39, 0.29) is 12.6 Å². The summed E-state index contributed by atoms with van der Waals surface area (Å²) in [4.78, 5) is 0. The predicted molar refractivity (Wildman–Crippen MR) is 62.4 cm³/mol. The van der Waals surface area contributed by atoms with Gasteiger partial charge in [0.2, 0.25) is 0 Å². The molecule has 0 rings (SSSR count). The first kappa shape index (κ1) is 13.9. The molecule has 0 fully saturated rings. The summed E-state index contributed by atoms with van der Waals surface area (Å²) in [6.07, 6.45) is 2.39. The van der Waals surface area contributed by atoms with Gasteiger partial charge in [0, 0.05) is 12.1 Å². The van der Waals surface area contributed by atoms with Gasteiger partial charge in [-0.1, -0.05) is 27.7 Å². The van der Waals surface area contributed by atoms with Crippen molar-refractivity contribution in [3.8, 4) is 0 Å². The molecule has 0 heterocycles. The van der Waals surface area contributed by atoms with Crippen LogP contribution >= 0.6 is 0 Å². The molecule has 0 aliphatic heterocycles. The Morgan fingerprint density at radius 2 is 1.36 bits per heavy atom. The highest BCUT2D eigenvalue weighted by Crippen LogP contribution is 2.13. The van der Waals surface area contributed by atoms with Gasteiger partial charge >= 0.3 is 0 Å². The van der Waals surface area contributed by atoms with Crippen LogP contribution in [0.1, 0.15) is 47.5 Å². The molecule has 86 valence electrons. The van der Waals surface area contributed by atoms with Gasteiger partial charge in [0.25, 0.3) is 0 Å². The molecule has 2 nitrogen and oxygen atoms in total. The van der Waals surface area contributed by atoms with Crippen LogP contribution in [-0.4, -0.2) is 23.8 Å². The summed E-state index contributed by atoms with van der Waals surface area (Å²) >= 11 is 0. The molecule has 0 aromatic heterocycles. The van der Waals surface area contributed by atoms with E-state index in [4.69, 9.17) is 5.11 Å². The molecule has 2 N–H and O–H groups in total. The SMILES string of the molecule is CC(C)CC(CC(C)C)N[C@H](C)CO. The zero-order valence-corrected chi connectivity index (χ0v) is 10.4. The van der Waals surface area contributed by atoms with Gasteiger partial charge in [0.15, 0.2) is 0 Å².